The molecule has 0 saturated carbocycles. The summed E-state index contributed by atoms with van der Waals surface area (Å²) in [5, 5.41) is 15.2. The second kappa shape index (κ2) is 14.3. The van der Waals surface area contributed by atoms with Gasteiger partial charge in [-0.1, -0.05) is 194 Å². The molecule has 3 heterocycles. The Hall–Kier alpha value is -8.21. The standard InChI is InChI=1S/C57H36N4/c1-4-17-37(18-5-1)51-36-52(41-31-32-49-47-29-13-12-27-45(47)46-28-14-15-30-48(46)50(49)34-41)59-57(58-51)43-25-16-24-42(33-43)53-35-40-23-10-11-26-44(40)56-54(38-19-6-2-7-20-38)55(60-61(53)56)39-21-8-3-9-22-39/h1-36H. The molecule has 9 aromatic carbocycles. The minimum atomic E-state index is 0.661. The molecule has 284 valence electrons. The highest BCUT2D eigenvalue weighted by Gasteiger charge is 2.22. The SMILES string of the molecule is c1ccc(-c2cc(-c3ccc4c5ccccc5c5ccccc5c4c3)nc(-c3cccc(-c4cc5ccccc5c5c(-c6ccccc6)c(-c6ccccc6)nn45)c3)n2)cc1. The van der Waals surface area contributed by atoms with Crippen molar-refractivity contribution < 1.29 is 0 Å². The summed E-state index contributed by atoms with van der Waals surface area (Å²) < 4.78 is 2.14. The minimum Gasteiger partial charge on any atom is -0.231 e. The summed E-state index contributed by atoms with van der Waals surface area (Å²) >= 11 is 0. The number of fused-ring (bicyclic) bond motifs is 9. The molecular weight excluding hydrogens is 741 g/mol. The summed E-state index contributed by atoms with van der Waals surface area (Å²) in [4.78, 5) is 10.6. The van der Waals surface area contributed by atoms with Crippen LogP contribution in [-0.2, 0) is 0 Å². The summed E-state index contributed by atoms with van der Waals surface area (Å²) in [6, 6.07) is 77.3. The summed E-state index contributed by atoms with van der Waals surface area (Å²) in [5.41, 5.74) is 12.1. The third-order valence-corrected chi connectivity index (χ3v) is 12.0. The molecule has 0 radical (unpaired) electrons. The maximum absolute atomic E-state index is 5.45. The van der Waals surface area contributed by atoms with Crippen LogP contribution < -0.4 is 0 Å². The highest BCUT2D eigenvalue weighted by atomic mass is 15.2. The maximum Gasteiger partial charge on any atom is 0.160 e. The smallest absolute Gasteiger partial charge is 0.160 e. The minimum absolute atomic E-state index is 0.661. The fourth-order valence-corrected chi connectivity index (χ4v) is 9.14. The molecule has 12 aromatic rings. The van der Waals surface area contributed by atoms with Crippen molar-refractivity contribution in [2.45, 2.75) is 0 Å². The van der Waals surface area contributed by atoms with Crippen molar-refractivity contribution in [3.05, 3.63) is 218 Å². The molecule has 0 aliphatic heterocycles. The first-order valence-corrected chi connectivity index (χ1v) is 20.7. The van der Waals surface area contributed by atoms with Gasteiger partial charge in [0.05, 0.1) is 22.6 Å². The lowest BCUT2D eigenvalue weighted by Crippen LogP contribution is -1.98. The highest BCUT2D eigenvalue weighted by molar-refractivity contribution is 6.25. The van der Waals surface area contributed by atoms with Gasteiger partial charge in [0.2, 0.25) is 0 Å². The third-order valence-electron chi connectivity index (χ3n) is 12.0. The number of pyridine rings is 1. The molecule has 0 fully saturated rings. The predicted molar refractivity (Wildman–Crippen MR) is 253 cm³/mol. The largest absolute Gasteiger partial charge is 0.231 e. The lowest BCUT2D eigenvalue weighted by Gasteiger charge is -2.14. The molecule has 0 N–H and O–H groups in total. The molecule has 12 rings (SSSR count). The van der Waals surface area contributed by atoms with Gasteiger partial charge < -0.3 is 0 Å². The van der Waals surface area contributed by atoms with Crippen LogP contribution in [0.2, 0.25) is 0 Å². The fraction of sp³-hybridized carbons (Fsp3) is 0. The van der Waals surface area contributed by atoms with Gasteiger partial charge in [-0.2, -0.15) is 5.10 Å². The average molecular weight is 777 g/mol. The highest BCUT2D eigenvalue weighted by Crippen LogP contribution is 2.42. The van der Waals surface area contributed by atoms with Gasteiger partial charge in [0.25, 0.3) is 0 Å². The molecule has 61 heavy (non-hydrogen) atoms. The van der Waals surface area contributed by atoms with Gasteiger partial charge in [-0.3, -0.25) is 0 Å². The third kappa shape index (κ3) is 5.88. The average Bonchev–Trinajstić information content (AvgIpc) is 3.76. The Morgan fingerprint density at radius 3 is 1.49 bits per heavy atom. The molecule has 0 unspecified atom stereocenters. The van der Waals surface area contributed by atoms with Gasteiger partial charge in [-0.25, -0.2) is 14.5 Å². The van der Waals surface area contributed by atoms with Crippen LogP contribution in [0.1, 0.15) is 0 Å². The van der Waals surface area contributed by atoms with Crippen LogP contribution in [0.5, 0.6) is 0 Å². The molecule has 0 amide bonds. The van der Waals surface area contributed by atoms with E-state index in [4.69, 9.17) is 15.1 Å². The molecule has 0 aliphatic carbocycles. The number of hydrogen-bond donors (Lipinski definition) is 0. The monoisotopic (exact) mass is 776 g/mol. The normalized spacial score (nSPS) is 11.6. The molecule has 4 heteroatoms. The first-order valence-electron chi connectivity index (χ1n) is 20.7. The van der Waals surface area contributed by atoms with Gasteiger partial charge >= 0.3 is 0 Å². The van der Waals surface area contributed by atoms with Crippen LogP contribution in [0.4, 0.5) is 0 Å². The molecule has 0 saturated heterocycles. The van der Waals surface area contributed by atoms with Crippen molar-refractivity contribution in [3.8, 4) is 67.5 Å². The van der Waals surface area contributed by atoms with Crippen molar-refractivity contribution in [2.75, 3.05) is 0 Å². The first-order chi connectivity index (χ1) is 30.2. The molecular formula is C57H36N4. The number of rotatable bonds is 6. The Labute approximate surface area is 352 Å². The van der Waals surface area contributed by atoms with Crippen molar-refractivity contribution in [3.63, 3.8) is 0 Å². The second-order valence-electron chi connectivity index (χ2n) is 15.6. The Morgan fingerprint density at radius 2 is 0.820 bits per heavy atom. The quantitative estimate of drug-likeness (QED) is 0.158. The fourth-order valence-electron chi connectivity index (χ4n) is 9.14. The van der Waals surface area contributed by atoms with E-state index in [9.17, 15) is 0 Å². The molecule has 0 atom stereocenters. The first kappa shape index (κ1) is 34.8. The van der Waals surface area contributed by atoms with E-state index in [0.717, 1.165) is 78.0 Å². The van der Waals surface area contributed by atoms with Gasteiger partial charge in [-0.15, -0.1) is 0 Å². The lowest BCUT2D eigenvalue weighted by molar-refractivity contribution is 0.979. The van der Waals surface area contributed by atoms with E-state index in [1.54, 1.807) is 0 Å². The van der Waals surface area contributed by atoms with E-state index in [1.807, 2.05) is 6.07 Å². The maximum atomic E-state index is 5.45. The van der Waals surface area contributed by atoms with E-state index in [2.05, 4.69) is 217 Å². The van der Waals surface area contributed by atoms with Gasteiger partial charge in [0.1, 0.15) is 5.69 Å². The van der Waals surface area contributed by atoms with Crippen LogP contribution in [0.3, 0.4) is 0 Å². The van der Waals surface area contributed by atoms with E-state index in [0.29, 0.717) is 5.82 Å². The molecule has 3 aromatic heterocycles. The topological polar surface area (TPSA) is 43.1 Å². The van der Waals surface area contributed by atoms with Crippen LogP contribution in [0, 0.1) is 0 Å². The van der Waals surface area contributed by atoms with Gasteiger partial charge in [-0.05, 0) is 67.5 Å². The summed E-state index contributed by atoms with van der Waals surface area (Å²) in [7, 11) is 0. The Kier molecular flexibility index (Phi) is 8.13. The second-order valence-corrected chi connectivity index (χ2v) is 15.6. The van der Waals surface area contributed by atoms with Crippen molar-refractivity contribution in [1.29, 1.82) is 0 Å². The van der Waals surface area contributed by atoms with Crippen LogP contribution in [0.15, 0.2) is 218 Å². The van der Waals surface area contributed by atoms with Gasteiger partial charge in [0, 0.05) is 38.8 Å². The van der Waals surface area contributed by atoms with Gasteiger partial charge in [0.15, 0.2) is 5.82 Å². The van der Waals surface area contributed by atoms with Crippen LogP contribution in [-0.4, -0.2) is 19.6 Å². The zero-order chi connectivity index (χ0) is 40.3. The summed E-state index contributed by atoms with van der Waals surface area (Å²) in [6.45, 7) is 0. The predicted octanol–water partition coefficient (Wildman–Crippen LogP) is 14.7. The molecule has 4 nitrogen and oxygen atoms in total. The molecule has 0 aliphatic rings. The number of aromatic nitrogens is 4. The van der Waals surface area contributed by atoms with Crippen molar-refractivity contribution in [1.82, 2.24) is 19.6 Å². The number of benzene rings is 9. The lowest BCUT2D eigenvalue weighted by atomic mass is 9.92. The molecule has 0 bridgehead atoms. The zero-order valence-corrected chi connectivity index (χ0v) is 33.1. The summed E-state index contributed by atoms with van der Waals surface area (Å²) in [5.74, 6) is 0.661. The Morgan fingerprint density at radius 1 is 0.311 bits per heavy atom. The van der Waals surface area contributed by atoms with E-state index < -0.39 is 0 Å². The Balaban J connectivity index is 1.07. The van der Waals surface area contributed by atoms with E-state index in [1.165, 1.54) is 32.3 Å². The van der Waals surface area contributed by atoms with Crippen LogP contribution >= 0.6 is 0 Å². The zero-order valence-electron chi connectivity index (χ0n) is 33.1. The Bertz CT molecular complexity index is 3600. The summed E-state index contributed by atoms with van der Waals surface area (Å²) in [6.07, 6.45) is 0. The molecule has 0 spiro atoms. The van der Waals surface area contributed by atoms with E-state index >= 15 is 0 Å². The van der Waals surface area contributed by atoms with Crippen molar-refractivity contribution >= 4 is 48.6 Å². The van der Waals surface area contributed by atoms with Crippen LogP contribution in [0.25, 0.3) is 116 Å². The number of hydrogen-bond acceptors (Lipinski definition) is 3. The van der Waals surface area contributed by atoms with E-state index in [-0.39, 0.29) is 0 Å². The van der Waals surface area contributed by atoms with Crippen molar-refractivity contribution in [2.24, 2.45) is 0 Å². The number of nitrogens with zero attached hydrogens (tertiary/aromatic N) is 4.